The van der Waals surface area contributed by atoms with Crippen LogP contribution in [0.3, 0.4) is 0 Å². The number of β-amino-alcohol motifs (C(OH)–C–C–N with tert-alkyl or cyclic N) is 1. The van der Waals surface area contributed by atoms with E-state index < -0.39 is 6.10 Å². The Labute approximate surface area is 147 Å². The summed E-state index contributed by atoms with van der Waals surface area (Å²) in [6.45, 7) is 2.97. The first-order valence-corrected chi connectivity index (χ1v) is 8.62. The van der Waals surface area contributed by atoms with E-state index in [4.69, 9.17) is 13.9 Å². The Morgan fingerprint density at radius 2 is 1.96 bits per heavy atom. The maximum Gasteiger partial charge on any atom is 0.129 e. The van der Waals surface area contributed by atoms with Crippen molar-refractivity contribution >= 4 is 0 Å². The number of furan rings is 1. The number of hydrogen-bond acceptors (Lipinski definition) is 5. The van der Waals surface area contributed by atoms with Crippen molar-refractivity contribution < 1.29 is 23.4 Å². The topological polar surface area (TPSA) is 55.1 Å². The third-order valence-corrected chi connectivity index (χ3v) is 4.25. The van der Waals surface area contributed by atoms with Crippen LogP contribution in [0.2, 0.25) is 0 Å². The van der Waals surface area contributed by atoms with Crippen molar-refractivity contribution in [2.75, 3.05) is 26.2 Å². The Hall–Kier alpha value is -1.89. The molecular weight excluding hydrogens is 325 g/mol. The van der Waals surface area contributed by atoms with Gasteiger partial charge in [0.15, 0.2) is 0 Å². The molecule has 1 aliphatic heterocycles. The molecular formula is C19H24FNO4. The van der Waals surface area contributed by atoms with Crippen molar-refractivity contribution in [2.24, 2.45) is 0 Å². The van der Waals surface area contributed by atoms with E-state index in [1.807, 2.05) is 12.1 Å². The summed E-state index contributed by atoms with van der Waals surface area (Å²) in [5.41, 5.74) is 0. The Kier molecular flexibility index (Phi) is 6.44. The zero-order valence-electron chi connectivity index (χ0n) is 14.1. The zero-order chi connectivity index (χ0) is 17.5. The SMILES string of the molecule is OC(COCc1ccco1)CN1CCC(Oc2ccc(F)cc2)CC1. The molecule has 0 bridgehead atoms. The summed E-state index contributed by atoms with van der Waals surface area (Å²) in [6, 6.07) is 9.78. The third-order valence-electron chi connectivity index (χ3n) is 4.25. The molecule has 1 unspecified atom stereocenters. The fourth-order valence-corrected chi connectivity index (χ4v) is 2.96. The highest BCUT2D eigenvalue weighted by molar-refractivity contribution is 5.22. The largest absolute Gasteiger partial charge is 0.490 e. The summed E-state index contributed by atoms with van der Waals surface area (Å²) in [4.78, 5) is 2.21. The van der Waals surface area contributed by atoms with E-state index >= 15 is 0 Å². The first-order valence-electron chi connectivity index (χ1n) is 8.62. The van der Waals surface area contributed by atoms with Crippen LogP contribution in [0.15, 0.2) is 47.1 Å². The molecule has 25 heavy (non-hydrogen) atoms. The van der Waals surface area contributed by atoms with E-state index in [2.05, 4.69) is 4.90 Å². The monoisotopic (exact) mass is 349 g/mol. The summed E-state index contributed by atoms with van der Waals surface area (Å²) >= 11 is 0. The van der Waals surface area contributed by atoms with E-state index in [1.54, 1.807) is 18.4 Å². The summed E-state index contributed by atoms with van der Waals surface area (Å²) in [5.74, 6) is 1.20. The summed E-state index contributed by atoms with van der Waals surface area (Å²) in [5, 5.41) is 10.1. The number of aliphatic hydroxyl groups excluding tert-OH is 1. The number of rotatable bonds is 8. The van der Waals surface area contributed by atoms with Crippen molar-refractivity contribution in [3.8, 4) is 5.75 Å². The van der Waals surface area contributed by atoms with Crippen molar-refractivity contribution in [1.82, 2.24) is 4.90 Å². The Bertz CT molecular complexity index is 609. The maximum atomic E-state index is 12.9. The fraction of sp³-hybridized carbons (Fsp3) is 0.474. The molecule has 0 amide bonds. The van der Waals surface area contributed by atoms with Gasteiger partial charge >= 0.3 is 0 Å². The lowest BCUT2D eigenvalue weighted by molar-refractivity contribution is -0.00402. The van der Waals surface area contributed by atoms with Gasteiger partial charge in [-0.2, -0.15) is 0 Å². The maximum absolute atomic E-state index is 12.9. The molecule has 0 spiro atoms. The number of hydrogen-bond donors (Lipinski definition) is 1. The lowest BCUT2D eigenvalue weighted by atomic mass is 10.1. The number of aliphatic hydroxyl groups is 1. The second-order valence-corrected chi connectivity index (χ2v) is 6.32. The van der Waals surface area contributed by atoms with Crippen molar-refractivity contribution in [3.05, 3.63) is 54.2 Å². The van der Waals surface area contributed by atoms with Gasteiger partial charge in [0.05, 0.1) is 19.0 Å². The smallest absolute Gasteiger partial charge is 0.129 e. The summed E-state index contributed by atoms with van der Waals surface area (Å²) in [6.07, 6.45) is 2.99. The molecule has 1 N–H and O–H groups in total. The van der Waals surface area contributed by atoms with Gasteiger partial charge in [-0.1, -0.05) is 0 Å². The van der Waals surface area contributed by atoms with Gasteiger partial charge in [-0.15, -0.1) is 0 Å². The summed E-state index contributed by atoms with van der Waals surface area (Å²) in [7, 11) is 0. The summed E-state index contributed by atoms with van der Waals surface area (Å²) < 4.78 is 29.4. The van der Waals surface area contributed by atoms with Crippen molar-refractivity contribution in [2.45, 2.75) is 31.7 Å². The van der Waals surface area contributed by atoms with Gasteiger partial charge in [0, 0.05) is 19.6 Å². The van der Waals surface area contributed by atoms with Gasteiger partial charge in [-0.25, -0.2) is 4.39 Å². The molecule has 0 radical (unpaired) electrons. The van der Waals surface area contributed by atoms with Gasteiger partial charge in [-0.05, 0) is 49.2 Å². The molecule has 2 aromatic rings. The Balaban J connectivity index is 1.32. The molecule has 136 valence electrons. The van der Waals surface area contributed by atoms with Crippen LogP contribution >= 0.6 is 0 Å². The molecule has 1 aromatic heterocycles. The minimum absolute atomic E-state index is 0.133. The predicted octanol–water partition coefficient (Wildman–Crippen LogP) is 2.84. The quantitative estimate of drug-likeness (QED) is 0.794. The van der Waals surface area contributed by atoms with Crippen molar-refractivity contribution in [1.29, 1.82) is 0 Å². The molecule has 5 nitrogen and oxygen atoms in total. The van der Waals surface area contributed by atoms with Gasteiger partial charge < -0.3 is 23.9 Å². The van der Waals surface area contributed by atoms with Gasteiger partial charge in [0.2, 0.25) is 0 Å². The fourth-order valence-electron chi connectivity index (χ4n) is 2.96. The van der Waals surface area contributed by atoms with Crippen LogP contribution in [0.1, 0.15) is 18.6 Å². The van der Waals surface area contributed by atoms with Gasteiger partial charge in [0.25, 0.3) is 0 Å². The molecule has 1 saturated heterocycles. The zero-order valence-corrected chi connectivity index (χ0v) is 14.1. The molecule has 6 heteroatoms. The normalized spacial score (nSPS) is 17.5. The predicted molar refractivity (Wildman–Crippen MR) is 90.9 cm³/mol. The average Bonchev–Trinajstić information content (AvgIpc) is 3.12. The molecule has 1 aliphatic rings. The first-order chi connectivity index (χ1) is 12.2. The minimum atomic E-state index is -0.524. The van der Waals surface area contributed by atoms with Crippen LogP contribution in [-0.4, -0.2) is 48.5 Å². The van der Waals surface area contributed by atoms with E-state index in [-0.39, 0.29) is 18.5 Å². The van der Waals surface area contributed by atoms with Crippen molar-refractivity contribution in [3.63, 3.8) is 0 Å². The molecule has 1 aromatic carbocycles. The second-order valence-electron chi connectivity index (χ2n) is 6.32. The number of nitrogens with zero attached hydrogens (tertiary/aromatic N) is 1. The standard InChI is InChI=1S/C19H24FNO4/c20-15-3-5-17(6-4-15)25-18-7-9-21(10-8-18)12-16(22)13-23-14-19-2-1-11-24-19/h1-6,11,16,18,22H,7-10,12-14H2. The minimum Gasteiger partial charge on any atom is -0.490 e. The lowest BCUT2D eigenvalue weighted by Crippen LogP contribution is -2.42. The molecule has 1 fully saturated rings. The van der Waals surface area contributed by atoms with E-state index in [0.717, 1.165) is 31.7 Å². The van der Waals surface area contributed by atoms with Crippen LogP contribution in [0.25, 0.3) is 0 Å². The number of likely N-dealkylation sites (tertiary alicyclic amines) is 1. The second kappa shape index (κ2) is 8.99. The van der Waals surface area contributed by atoms with Crippen LogP contribution in [0, 0.1) is 5.82 Å². The number of ether oxygens (including phenoxy) is 2. The first kappa shape index (κ1) is 17.9. The van der Waals surface area contributed by atoms with Gasteiger partial charge in [0.1, 0.15) is 30.0 Å². The van der Waals surface area contributed by atoms with Crippen LogP contribution in [-0.2, 0) is 11.3 Å². The van der Waals surface area contributed by atoms with Crippen LogP contribution in [0.5, 0.6) is 5.75 Å². The van der Waals surface area contributed by atoms with E-state index in [1.165, 1.54) is 12.1 Å². The average molecular weight is 349 g/mol. The number of benzene rings is 1. The van der Waals surface area contributed by atoms with Crippen LogP contribution < -0.4 is 4.74 Å². The third kappa shape index (κ3) is 5.85. The van der Waals surface area contributed by atoms with Crippen LogP contribution in [0.4, 0.5) is 4.39 Å². The molecule has 1 atom stereocenters. The highest BCUT2D eigenvalue weighted by Crippen LogP contribution is 2.19. The molecule has 0 aliphatic carbocycles. The van der Waals surface area contributed by atoms with E-state index in [0.29, 0.717) is 18.9 Å². The molecule has 0 saturated carbocycles. The highest BCUT2D eigenvalue weighted by Gasteiger charge is 2.22. The Morgan fingerprint density at radius 1 is 1.20 bits per heavy atom. The highest BCUT2D eigenvalue weighted by atomic mass is 19.1. The lowest BCUT2D eigenvalue weighted by Gasteiger charge is -2.33. The number of piperidine rings is 1. The van der Waals surface area contributed by atoms with Gasteiger partial charge in [-0.3, -0.25) is 0 Å². The Morgan fingerprint density at radius 3 is 2.64 bits per heavy atom. The number of halogens is 1. The molecule has 3 rings (SSSR count). The molecule has 2 heterocycles. The van der Waals surface area contributed by atoms with E-state index in [9.17, 15) is 9.50 Å².